The van der Waals surface area contributed by atoms with Gasteiger partial charge in [0.15, 0.2) is 28.7 Å². The maximum absolute atomic E-state index is 14.6. The van der Waals surface area contributed by atoms with Crippen LogP contribution in [0.1, 0.15) is 144 Å². The second-order valence-electron chi connectivity index (χ2n) is 22.8. The molecule has 9 atom stereocenters. The van der Waals surface area contributed by atoms with Crippen LogP contribution in [-0.2, 0) is 36.4 Å². The van der Waals surface area contributed by atoms with Crippen molar-refractivity contribution < 1.29 is 80.7 Å². The highest BCUT2D eigenvalue weighted by atomic mass is 31.3. The van der Waals surface area contributed by atoms with Gasteiger partial charge in [0.2, 0.25) is 17.2 Å². The molecule has 3 aromatic carbocycles. The number of carbonyl (C=O) groups excluding carboxylic acids is 2. The molecule has 2 aromatic heterocycles. The number of aliphatic hydroxyl groups excluding tert-OH is 2. The Kier molecular flexibility index (Phi) is 17.6. The van der Waals surface area contributed by atoms with Crippen LogP contribution < -0.4 is 46.9 Å². The summed E-state index contributed by atoms with van der Waals surface area (Å²) in [6, 6.07) is 16.5. The molecule has 1 saturated heterocycles. The van der Waals surface area contributed by atoms with Gasteiger partial charge in [0.1, 0.15) is 36.1 Å². The average Bonchev–Trinajstić information content (AvgIpc) is 1.46. The van der Waals surface area contributed by atoms with Crippen molar-refractivity contribution in [3.05, 3.63) is 93.3 Å². The van der Waals surface area contributed by atoms with Gasteiger partial charge >= 0.3 is 15.6 Å². The molecule has 82 heavy (non-hydrogen) atoms. The first-order chi connectivity index (χ1) is 38.5. The Balaban J connectivity index is 0.775. The van der Waals surface area contributed by atoms with Gasteiger partial charge in [0, 0.05) is 84.3 Å². The molecule has 9 rings (SSSR count). The maximum atomic E-state index is 14.6. The van der Waals surface area contributed by atoms with E-state index in [1.54, 1.807) is 11.9 Å². The number of ether oxygens (including phenoxy) is 2. The number of hydrogen-bond acceptors (Lipinski definition) is 19. The van der Waals surface area contributed by atoms with E-state index < -0.39 is 54.6 Å². The number of aromatic nitrogens is 4. The number of imidazole rings is 1. The molecular weight excluding hydrogens is 1130 g/mol. The highest BCUT2D eigenvalue weighted by Crippen LogP contribution is 2.65. The molecule has 0 aliphatic carbocycles. The molecule has 6 heterocycles. The number of aliphatic hydroxyl groups is 2. The standard InChI is InChI=1S/C53H71N10O16P3/c1-29-25-52(3,4)60-37-23-39-35(21-33(29)37)43(36-22-34-30(2)26-53(5,6)61-38(34)24-40(36)76-39)31-15-10-11-16-32(31)49(67)62(7)20-14-17-42(64)55-18-12-8-9-13-19-56-51-59-44-47(54)57-28-58-48(44)63(51)50-46(66)45(65)41(77-50)27-75-81(71,72)79-82(73,74)78-80(68,69)70/h10-11,15-16,21-24,28-30,41,45-46,50,60,65-66H,8-9,12-14,17-20,25-27H2,1-7H3,(H,55,64)(H,56,59)(H,71,72)(H,73,74)(H2,54,57,58)(H2,68,69,70)/t29?,30?,41-,45-,46-,50-/m1/s1. The van der Waals surface area contributed by atoms with Crippen LogP contribution in [0.4, 0.5) is 17.5 Å². The maximum Gasteiger partial charge on any atom is 0.487 e. The Morgan fingerprint density at radius 2 is 1.62 bits per heavy atom. The number of nitrogens with zero attached hydrogens (tertiary/aromatic N) is 5. The third-order valence-electron chi connectivity index (χ3n) is 15.0. The number of phosphoric acid groups is 3. The van der Waals surface area contributed by atoms with Gasteiger partial charge in [-0.3, -0.25) is 23.2 Å². The van der Waals surface area contributed by atoms with E-state index in [1.807, 2.05) is 24.3 Å². The number of fused-ring (bicyclic) bond motifs is 5. The van der Waals surface area contributed by atoms with Crippen molar-refractivity contribution in [2.24, 2.45) is 0 Å². The fourth-order valence-electron chi connectivity index (χ4n) is 11.6. The average molecular weight is 1200 g/mol. The Hall–Kier alpha value is -5.69. The van der Waals surface area contributed by atoms with E-state index >= 15 is 0 Å². The lowest BCUT2D eigenvalue weighted by Crippen LogP contribution is -2.90. The number of unbranched alkanes of at least 4 members (excludes halogenated alkanes) is 3. The van der Waals surface area contributed by atoms with Crippen molar-refractivity contribution in [2.45, 2.75) is 140 Å². The summed E-state index contributed by atoms with van der Waals surface area (Å²) in [5.41, 5.74) is 12.8. The van der Waals surface area contributed by atoms with Crippen molar-refractivity contribution in [1.82, 2.24) is 29.7 Å². The van der Waals surface area contributed by atoms with E-state index in [4.69, 9.17) is 20.1 Å². The molecule has 5 unspecified atom stereocenters. The molecule has 4 aliphatic rings. The first kappa shape index (κ1) is 60.9. The fourth-order valence-corrected chi connectivity index (χ4v) is 14.5. The molecule has 26 nitrogen and oxygen atoms in total. The molecule has 29 heteroatoms. The molecular formula is C53H71N10O16P3. The van der Waals surface area contributed by atoms with Crippen molar-refractivity contribution in [1.29, 1.82) is 0 Å². The van der Waals surface area contributed by atoms with E-state index in [-0.39, 0.29) is 64.1 Å². The van der Waals surface area contributed by atoms with Gasteiger partial charge in [-0.15, -0.1) is 0 Å². The van der Waals surface area contributed by atoms with E-state index in [0.717, 1.165) is 76.5 Å². The van der Waals surface area contributed by atoms with Crippen LogP contribution in [0.25, 0.3) is 16.7 Å². The summed E-state index contributed by atoms with van der Waals surface area (Å²) >= 11 is 0. The first-order valence-corrected chi connectivity index (χ1v) is 31.6. The summed E-state index contributed by atoms with van der Waals surface area (Å²) in [6.07, 6.45) is -0.0557. The molecule has 2 amide bonds. The number of nitrogens with two attached hydrogens (primary N) is 1. The third-order valence-corrected chi connectivity index (χ3v) is 18.8. The van der Waals surface area contributed by atoms with E-state index in [9.17, 15) is 48.2 Å². The number of phosphoric ester groups is 1. The predicted molar refractivity (Wildman–Crippen MR) is 298 cm³/mol. The van der Waals surface area contributed by atoms with Gasteiger partial charge < -0.3 is 65.8 Å². The van der Waals surface area contributed by atoms with Crippen LogP contribution in [0, 0.1) is 0 Å². The third kappa shape index (κ3) is 13.8. The number of benzene rings is 3. The number of hydrogen-bond donors (Lipinski definition) is 10. The largest absolute Gasteiger partial charge is 0.756 e. The molecule has 444 valence electrons. The van der Waals surface area contributed by atoms with Gasteiger partial charge in [-0.25, -0.2) is 33.4 Å². The van der Waals surface area contributed by atoms with Gasteiger partial charge in [-0.05, 0) is 94.5 Å². The summed E-state index contributed by atoms with van der Waals surface area (Å²) in [5.74, 6) is 1.82. The molecule has 0 spiro atoms. The second kappa shape index (κ2) is 23.8. The predicted octanol–water partition coefficient (Wildman–Crippen LogP) is 3.42. The van der Waals surface area contributed by atoms with Crippen molar-refractivity contribution >= 4 is 69.5 Å². The molecule has 4 aliphatic heterocycles. The minimum Gasteiger partial charge on any atom is -0.756 e. The lowest BCUT2D eigenvalue weighted by atomic mass is 9.79. The number of amides is 2. The first-order valence-electron chi connectivity index (χ1n) is 27.1. The number of anilines is 3. The highest BCUT2D eigenvalue weighted by Gasteiger charge is 2.48. The molecule has 1 fully saturated rings. The van der Waals surface area contributed by atoms with Gasteiger partial charge in [-0.1, -0.05) is 44.9 Å². The van der Waals surface area contributed by atoms with Gasteiger partial charge in [-0.2, -0.15) is 4.31 Å². The van der Waals surface area contributed by atoms with Crippen LogP contribution >= 0.6 is 23.5 Å². The Labute approximate surface area is 473 Å². The smallest absolute Gasteiger partial charge is 0.487 e. The number of nitrogens with one attached hydrogen (secondary N) is 4. The second-order valence-corrected chi connectivity index (χ2v) is 27.2. The summed E-state index contributed by atoms with van der Waals surface area (Å²) in [4.78, 5) is 84.5. The molecule has 0 bridgehead atoms. The fraction of sp³-hybridized carbons (Fsp3) is 0.509. The topological polar surface area (TPSA) is 379 Å². The van der Waals surface area contributed by atoms with Crippen molar-refractivity contribution in [3.8, 4) is 11.5 Å². The Bertz CT molecular complexity index is 3560. The molecule has 0 saturated carbocycles. The van der Waals surface area contributed by atoms with E-state index in [0.29, 0.717) is 44.5 Å². The van der Waals surface area contributed by atoms with Gasteiger partial charge in [0.25, 0.3) is 13.7 Å². The van der Waals surface area contributed by atoms with Crippen LogP contribution in [-0.4, -0.2) is 124 Å². The lowest BCUT2D eigenvalue weighted by molar-refractivity contribution is -0.588. The zero-order valence-electron chi connectivity index (χ0n) is 46.5. The van der Waals surface area contributed by atoms with Gasteiger partial charge in [0.05, 0.1) is 12.7 Å². The summed E-state index contributed by atoms with van der Waals surface area (Å²) in [5, 5.41) is 33.7. The van der Waals surface area contributed by atoms with Crippen LogP contribution in [0.15, 0.2) is 54.9 Å². The zero-order chi connectivity index (χ0) is 59.3. The highest BCUT2D eigenvalue weighted by molar-refractivity contribution is 7.66. The zero-order valence-corrected chi connectivity index (χ0v) is 49.2. The Morgan fingerprint density at radius 3 is 2.37 bits per heavy atom. The van der Waals surface area contributed by atoms with Crippen molar-refractivity contribution in [3.63, 3.8) is 0 Å². The SMILES string of the molecule is CC1CC(C)(C)Nc2cc3c(cc21)C(c1ccccc1C(=O)N(C)CCCC(=O)NCCCCCCNc1nc2c(N)ncnc2n1[C@@H]1O[C@H](COP(=O)(O)OP(=O)(O)OP(=O)([O-])O)[C@@H](O)[C@H]1O)=c1cc2c(cc1O3)=[NH+]C(C)(C)CC2C. The van der Waals surface area contributed by atoms with E-state index in [2.05, 4.69) is 115 Å². The minimum atomic E-state index is -5.89. The van der Waals surface area contributed by atoms with Crippen molar-refractivity contribution in [2.75, 3.05) is 49.7 Å². The van der Waals surface area contributed by atoms with Crippen LogP contribution in [0.5, 0.6) is 11.5 Å². The quantitative estimate of drug-likeness (QED) is 0.0344. The summed E-state index contributed by atoms with van der Waals surface area (Å²) in [7, 11) is -15.6. The normalized spacial score (nSPS) is 23.5. The number of carbonyl (C=O) groups is 2. The monoisotopic (exact) mass is 1200 g/mol. The molecule has 11 N–H and O–H groups in total. The van der Waals surface area contributed by atoms with Crippen LogP contribution in [0.3, 0.4) is 0 Å². The molecule has 5 aromatic rings. The minimum absolute atomic E-state index is 0.0174. The number of rotatable bonds is 22. The summed E-state index contributed by atoms with van der Waals surface area (Å²) in [6.45, 7) is 13.5. The van der Waals surface area contributed by atoms with E-state index in [1.165, 1.54) is 15.7 Å². The lowest BCUT2D eigenvalue weighted by Gasteiger charge is -2.38. The number of nitrogen functional groups attached to an aromatic ring is 1. The molecule has 0 radical (unpaired) electrons. The Morgan fingerprint density at radius 1 is 0.902 bits per heavy atom. The summed E-state index contributed by atoms with van der Waals surface area (Å²) < 4.78 is 60.7. The van der Waals surface area contributed by atoms with Crippen LogP contribution in [0.2, 0.25) is 0 Å².